The van der Waals surface area contributed by atoms with Crippen LogP contribution in [0.1, 0.15) is 89.8 Å². The highest BCUT2D eigenvalue weighted by molar-refractivity contribution is 6.17. The zero-order valence-electron chi connectivity index (χ0n) is 43.1. The normalized spacial score (nSPS) is 18.0. The molecular formula is C73H56N3O+. The van der Waals surface area contributed by atoms with Crippen LogP contribution in [-0.2, 0) is 0 Å². The first-order valence-corrected chi connectivity index (χ1v) is 27.2. The summed E-state index contributed by atoms with van der Waals surface area (Å²) in [5.74, 6) is 2.05. The SMILES string of the molecule is CC1=C(C2=CCCC=C2)N=C(c2cccc(C3C=CC=C4Oc5ccc(-c6ccc7c(c6)c6ccccc6n7-c6ccc(C7=[N+]=C(c8ccccc8)CCC(c8ccccc8)=C7)cc6)cc5C43)c2)CC=C1c1ccccc1. The molecule has 368 valence electrons. The molecule has 2 aliphatic carbocycles. The number of aromatic nitrogens is 1. The van der Waals surface area contributed by atoms with Gasteiger partial charge in [-0.1, -0.05) is 169 Å². The molecule has 4 nitrogen and oxygen atoms in total. The molecule has 3 aliphatic heterocycles. The van der Waals surface area contributed by atoms with Crippen molar-refractivity contribution in [3.05, 3.63) is 310 Å². The molecule has 4 heterocycles. The maximum atomic E-state index is 6.69. The second-order valence-corrected chi connectivity index (χ2v) is 20.8. The summed E-state index contributed by atoms with van der Waals surface area (Å²) in [6, 6.07) is 72.7. The first-order valence-electron chi connectivity index (χ1n) is 27.2. The number of allylic oxidation sites excluding steroid dienone is 12. The minimum atomic E-state index is 0.0434. The van der Waals surface area contributed by atoms with E-state index in [4.69, 9.17) is 14.4 Å². The number of hydrogen-bond donors (Lipinski definition) is 0. The Balaban J connectivity index is 0.791. The lowest BCUT2D eigenvalue weighted by Gasteiger charge is -2.24. The molecule has 2 atom stereocenters. The van der Waals surface area contributed by atoms with Gasteiger partial charge >= 0.3 is 11.4 Å². The average molecular weight is 991 g/mol. The molecule has 0 N–H and O–H groups in total. The van der Waals surface area contributed by atoms with Crippen molar-refractivity contribution in [1.29, 1.82) is 0 Å². The Morgan fingerprint density at radius 1 is 0.584 bits per heavy atom. The number of fused-ring (bicyclic) bond motifs is 6. The van der Waals surface area contributed by atoms with Gasteiger partial charge in [-0.25, -0.2) is 0 Å². The largest absolute Gasteiger partial charge is 0.461 e. The van der Waals surface area contributed by atoms with Gasteiger partial charge in [0, 0.05) is 40.4 Å². The van der Waals surface area contributed by atoms with Crippen LogP contribution >= 0.6 is 0 Å². The van der Waals surface area contributed by atoms with E-state index in [1.165, 1.54) is 83.0 Å². The van der Waals surface area contributed by atoms with Crippen LogP contribution in [0.2, 0.25) is 0 Å². The van der Waals surface area contributed by atoms with Crippen molar-refractivity contribution in [2.75, 3.05) is 0 Å². The van der Waals surface area contributed by atoms with Gasteiger partial charge in [0.1, 0.15) is 11.5 Å². The third-order valence-corrected chi connectivity index (χ3v) is 16.2. The lowest BCUT2D eigenvalue weighted by atomic mass is 9.77. The molecule has 0 radical (unpaired) electrons. The van der Waals surface area contributed by atoms with Crippen LogP contribution in [-0.4, -0.2) is 21.7 Å². The smallest absolute Gasteiger partial charge is 0.335 e. The Bertz CT molecular complexity index is 4170. The monoisotopic (exact) mass is 990 g/mol. The Kier molecular flexibility index (Phi) is 11.8. The van der Waals surface area contributed by atoms with E-state index < -0.39 is 0 Å². The van der Waals surface area contributed by atoms with E-state index in [1.807, 2.05) is 0 Å². The minimum Gasteiger partial charge on any atom is -0.461 e. The summed E-state index contributed by atoms with van der Waals surface area (Å²) in [4.78, 5) is 5.53. The van der Waals surface area contributed by atoms with Crippen LogP contribution in [0.5, 0.6) is 5.75 Å². The number of rotatable bonds is 9. The first kappa shape index (κ1) is 46.2. The van der Waals surface area contributed by atoms with E-state index in [2.05, 4.69) is 260 Å². The Labute approximate surface area is 450 Å². The first-order chi connectivity index (χ1) is 38.1. The maximum Gasteiger partial charge on any atom is 0.335 e. The maximum absolute atomic E-state index is 6.69. The molecule has 0 spiro atoms. The number of hydrogen-bond acceptors (Lipinski definition) is 2. The molecule has 4 heteroatoms. The van der Waals surface area contributed by atoms with Crippen molar-refractivity contribution in [3.63, 3.8) is 0 Å². The fraction of sp³-hybridized carbons (Fsp3) is 0.110. The third-order valence-electron chi connectivity index (χ3n) is 16.2. The number of aliphatic imine (C=N–C) groups is 1. The minimum absolute atomic E-state index is 0.0434. The van der Waals surface area contributed by atoms with Gasteiger partial charge in [0.15, 0.2) is 0 Å². The van der Waals surface area contributed by atoms with Crippen LogP contribution in [0.25, 0.3) is 49.8 Å². The summed E-state index contributed by atoms with van der Waals surface area (Å²) in [6.07, 6.45) is 22.9. The van der Waals surface area contributed by atoms with Crippen LogP contribution in [0.4, 0.5) is 0 Å². The second kappa shape index (κ2) is 19.7. The Morgan fingerprint density at radius 3 is 2.10 bits per heavy atom. The summed E-state index contributed by atoms with van der Waals surface area (Å²) in [6.45, 7) is 2.23. The molecule has 0 fully saturated rings. The predicted octanol–water partition coefficient (Wildman–Crippen LogP) is 17.2. The van der Waals surface area contributed by atoms with E-state index in [0.29, 0.717) is 0 Å². The van der Waals surface area contributed by atoms with Gasteiger partial charge in [0.25, 0.3) is 0 Å². The van der Waals surface area contributed by atoms with Crippen molar-refractivity contribution in [1.82, 2.24) is 9.24 Å². The molecule has 0 amide bonds. The van der Waals surface area contributed by atoms with Gasteiger partial charge in [0.2, 0.25) is 0 Å². The molecule has 77 heavy (non-hydrogen) atoms. The lowest BCUT2D eigenvalue weighted by molar-refractivity contribution is 0.416. The molecule has 8 aromatic carbocycles. The molecule has 0 bridgehead atoms. The van der Waals surface area contributed by atoms with E-state index in [-0.39, 0.29) is 11.8 Å². The van der Waals surface area contributed by atoms with E-state index in [0.717, 1.165) is 83.3 Å². The van der Waals surface area contributed by atoms with E-state index in [1.54, 1.807) is 0 Å². The molecule has 0 saturated heterocycles. The Hall–Kier alpha value is -9.34. The zero-order valence-corrected chi connectivity index (χ0v) is 43.1. The van der Waals surface area contributed by atoms with Crippen LogP contribution < -0.4 is 9.40 Å². The van der Waals surface area contributed by atoms with Crippen molar-refractivity contribution in [3.8, 4) is 22.6 Å². The lowest BCUT2D eigenvalue weighted by Crippen LogP contribution is -2.13. The quantitative estimate of drug-likeness (QED) is 0.133. The van der Waals surface area contributed by atoms with Crippen LogP contribution in [0, 0.1) is 0 Å². The molecule has 1 aromatic heterocycles. The summed E-state index contributed by atoms with van der Waals surface area (Å²) in [7, 11) is 0. The zero-order chi connectivity index (χ0) is 51.2. The van der Waals surface area contributed by atoms with Gasteiger partial charge in [-0.15, -0.1) is 0 Å². The number of para-hydroxylation sites is 1. The van der Waals surface area contributed by atoms with Crippen molar-refractivity contribution < 1.29 is 4.74 Å². The summed E-state index contributed by atoms with van der Waals surface area (Å²) < 4.78 is 14.5. The third kappa shape index (κ3) is 8.63. The summed E-state index contributed by atoms with van der Waals surface area (Å²) >= 11 is 0. The molecule has 0 saturated carbocycles. The molecule has 9 aromatic rings. The van der Waals surface area contributed by atoms with E-state index >= 15 is 0 Å². The highest BCUT2D eigenvalue weighted by atomic mass is 16.5. The van der Waals surface area contributed by atoms with Gasteiger partial charge in [0.05, 0.1) is 45.9 Å². The molecule has 5 aliphatic rings. The molecule has 14 rings (SSSR count). The van der Waals surface area contributed by atoms with Gasteiger partial charge < -0.3 is 9.30 Å². The van der Waals surface area contributed by atoms with Crippen molar-refractivity contribution in [2.45, 2.75) is 50.9 Å². The van der Waals surface area contributed by atoms with Gasteiger partial charge in [-0.3, -0.25) is 4.99 Å². The average Bonchev–Trinajstić information content (AvgIpc) is 3.86. The van der Waals surface area contributed by atoms with Gasteiger partial charge in [-0.2, -0.15) is 0 Å². The topological polar surface area (TPSA) is 40.6 Å². The predicted molar refractivity (Wildman–Crippen MR) is 321 cm³/mol. The van der Waals surface area contributed by atoms with E-state index in [9.17, 15) is 0 Å². The number of ether oxygens (including phenoxy) is 1. The molecule has 2 unspecified atom stereocenters. The second-order valence-electron chi connectivity index (χ2n) is 20.8. The number of nitrogens with zero attached hydrogens (tertiary/aromatic N) is 3. The van der Waals surface area contributed by atoms with Gasteiger partial charge in [-0.05, 0) is 161 Å². The van der Waals surface area contributed by atoms with Crippen LogP contribution in [0.15, 0.2) is 276 Å². The summed E-state index contributed by atoms with van der Waals surface area (Å²) in [5.41, 5.74) is 23.4. The van der Waals surface area contributed by atoms with Crippen LogP contribution in [0.3, 0.4) is 0 Å². The fourth-order valence-corrected chi connectivity index (χ4v) is 12.3. The highest BCUT2D eigenvalue weighted by Crippen LogP contribution is 2.52. The molecular weight excluding hydrogens is 935 g/mol. The Morgan fingerprint density at radius 2 is 1.30 bits per heavy atom. The van der Waals surface area contributed by atoms with Crippen molar-refractivity contribution in [2.24, 2.45) is 4.99 Å². The number of benzene rings is 8. The fourth-order valence-electron chi connectivity index (χ4n) is 12.3. The van der Waals surface area contributed by atoms with Crippen molar-refractivity contribution >= 4 is 50.1 Å². The summed E-state index contributed by atoms with van der Waals surface area (Å²) in [5, 5.41) is 2.44. The standard InChI is InChI=1S/C73H56N3O/c1-48-60(50-20-8-3-9-21-50)39-41-66(75-73(48)53-24-12-5-13-25-53)58-27-16-26-57(44-58)61-29-17-31-71-72(61)64-46-55(36-43-70(64)77-71)54-35-42-69-63(45-54)62-28-14-15-30-68(62)76(69)59-37-32-52(33-38-59)67-47-56(49-18-6-2-7-19-49)34-40-65(74-67)51-22-10-4-11-23-51/h2-4,6-12,14-33,35-39,42-47,61,72H,5,13,34,40-41H2,1H3/q+1. The highest BCUT2D eigenvalue weighted by Gasteiger charge is 2.38.